The van der Waals surface area contributed by atoms with Crippen LogP contribution in [0, 0.1) is 12.8 Å². The maximum absolute atomic E-state index is 13.0. The van der Waals surface area contributed by atoms with Crippen molar-refractivity contribution in [3.63, 3.8) is 0 Å². The maximum atomic E-state index is 13.0. The van der Waals surface area contributed by atoms with Crippen LogP contribution in [0.25, 0.3) is 5.69 Å². The monoisotopic (exact) mass is 451 g/mol. The van der Waals surface area contributed by atoms with Crippen molar-refractivity contribution in [3.8, 4) is 23.1 Å². The molecular formula is C25H26ClN3O3. The fourth-order valence-electron chi connectivity index (χ4n) is 3.90. The number of aryl methyl sites for hydroxylation is 1. The first-order chi connectivity index (χ1) is 15.5. The van der Waals surface area contributed by atoms with E-state index in [4.69, 9.17) is 26.2 Å². The van der Waals surface area contributed by atoms with Gasteiger partial charge in [-0.25, -0.2) is 4.68 Å². The third-order valence-electron chi connectivity index (χ3n) is 6.01. The van der Waals surface area contributed by atoms with E-state index in [0.717, 1.165) is 42.6 Å². The Balaban J connectivity index is 1.57. The zero-order valence-electron chi connectivity index (χ0n) is 18.3. The summed E-state index contributed by atoms with van der Waals surface area (Å²) in [4.78, 5) is 15.0. The molecule has 0 saturated heterocycles. The molecule has 32 heavy (non-hydrogen) atoms. The summed E-state index contributed by atoms with van der Waals surface area (Å²) in [5.74, 6) is 2.25. The van der Waals surface area contributed by atoms with E-state index in [0.29, 0.717) is 35.0 Å². The van der Waals surface area contributed by atoms with E-state index in [2.05, 4.69) is 0 Å². The van der Waals surface area contributed by atoms with Crippen LogP contribution in [0.15, 0.2) is 48.5 Å². The Kier molecular flexibility index (Phi) is 5.55. The van der Waals surface area contributed by atoms with Crippen molar-refractivity contribution < 1.29 is 14.3 Å². The molecule has 1 heterocycles. The first-order valence-electron chi connectivity index (χ1n) is 11.0. The highest BCUT2D eigenvalue weighted by molar-refractivity contribution is 6.30. The molecule has 7 heteroatoms. The van der Waals surface area contributed by atoms with Crippen LogP contribution < -0.4 is 9.47 Å². The topological polar surface area (TPSA) is 56.6 Å². The number of nitrogens with zero attached hydrogens (tertiary/aromatic N) is 3. The summed E-state index contributed by atoms with van der Waals surface area (Å²) in [6.45, 7) is 2.45. The smallest absolute Gasteiger partial charge is 0.228 e. The molecular weight excluding hydrogens is 426 g/mol. The molecule has 0 N–H and O–H groups in total. The molecule has 0 spiro atoms. The normalized spacial score (nSPS) is 15.5. The molecule has 2 saturated carbocycles. The quantitative estimate of drug-likeness (QED) is 0.451. The number of para-hydroxylation sites is 2. The largest absolute Gasteiger partial charge is 0.493 e. The van der Waals surface area contributed by atoms with E-state index in [1.807, 2.05) is 60.4 Å². The van der Waals surface area contributed by atoms with Gasteiger partial charge in [-0.15, -0.1) is 0 Å². The van der Waals surface area contributed by atoms with Crippen LogP contribution in [-0.4, -0.2) is 33.7 Å². The molecule has 0 unspecified atom stereocenters. The van der Waals surface area contributed by atoms with Crippen molar-refractivity contribution in [2.24, 2.45) is 5.92 Å². The van der Waals surface area contributed by atoms with Gasteiger partial charge in [0.15, 0.2) is 11.5 Å². The predicted molar refractivity (Wildman–Crippen MR) is 123 cm³/mol. The lowest BCUT2D eigenvalue weighted by atomic mass is 10.2. The van der Waals surface area contributed by atoms with Crippen LogP contribution >= 0.6 is 11.6 Å². The Bertz CT molecular complexity index is 1130. The molecule has 0 bridgehead atoms. The van der Waals surface area contributed by atoms with Gasteiger partial charge in [0.05, 0.1) is 30.6 Å². The zero-order chi connectivity index (χ0) is 22.2. The standard InChI is InChI=1S/C25H26ClN3O3/c1-16-21(15-28(19-13-14-19)24(30)17-7-8-17)25(32-23-6-4-3-5-22(23)31-2)29(27-16)20-11-9-18(26)10-12-20/h3-6,9-12,17,19H,7-8,13-15H2,1-2H3. The Hall–Kier alpha value is -2.99. The molecule has 0 atom stereocenters. The first kappa shape index (κ1) is 20.9. The highest BCUT2D eigenvalue weighted by atomic mass is 35.5. The Morgan fingerprint density at radius 2 is 1.78 bits per heavy atom. The van der Waals surface area contributed by atoms with Crippen LogP contribution in [0.1, 0.15) is 36.9 Å². The number of methoxy groups -OCH3 is 1. The van der Waals surface area contributed by atoms with Gasteiger partial charge in [0.25, 0.3) is 0 Å². The highest BCUT2D eigenvalue weighted by Crippen LogP contribution is 2.40. The summed E-state index contributed by atoms with van der Waals surface area (Å²) < 4.78 is 13.7. The summed E-state index contributed by atoms with van der Waals surface area (Å²) >= 11 is 6.10. The van der Waals surface area contributed by atoms with Crippen LogP contribution in [0.5, 0.6) is 17.4 Å². The molecule has 2 aliphatic carbocycles. The van der Waals surface area contributed by atoms with Gasteiger partial charge in [-0.3, -0.25) is 4.79 Å². The Morgan fingerprint density at radius 3 is 2.41 bits per heavy atom. The third kappa shape index (κ3) is 4.19. The summed E-state index contributed by atoms with van der Waals surface area (Å²) in [5, 5.41) is 5.44. The van der Waals surface area contributed by atoms with Crippen LogP contribution in [0.3, 0.4) is 0 Å². The fourth-order valence-corrected chi connectivity index (χ4v) is 4.02. The van der Waals surface area contributed by atoms with E-state index >= 15 is 0 Å². The van der Waals surface area contributed by atoms with E-state index in [-0.39, 0.29) is 11.8 Å². The van der Waals surface area contributed by atoms with Crippen molar-refractivity contribution in [1.82, 2.24) is 14.7 Å². The number of aromatic nitrogens is 2. The lowest BCUT2D eigenvalue weighted by molar-refractivity contribution is -0.133. The number of halogens is 1. The number of benzene rings is 2. The number of hydrogen-bond donors (Lipinski definition) is 0. The van der Waals surface area contributed by atoms with Crippen molar-refractivity contribution in [2.75, 3.05) is 7.11 Å². The van der Waals surface area contributed by atoms with Crippen LogP contribution in [0.2, 0.25) is 5.02 Å². The van der Waals surface area contributed by atoms with Crippen LogP contribution in [0.4, 0.5) is 0 Å². The predicted octanol–water partition coefficient (Wildman–Crippen LogP) is 5.54. The minimum absolute atomic E-state index is 0.181. The van der Waals surface area contributed by atoms with Gasteiger partial charge < -0.3 is 14.4 Å². The first-order valence-corrected chi connectivity index (χ1v) is 11.4. The van der Waals surface area contributed by atoms with Crippen LogP contribution in [-0.2, 0) is 11.3 Å². The SMILES string of the molecule is COc1ccccc1Oc1c(CN(C(=O)C2CC2)C2CC2)c(C)nn1-c1ccc(Cl)cc1. The molecule has 1 aromatic heterocycles. The minimum atomic E-state index is 0.181. The summed E-state index contributed by atoms with van der Waals surface area (Å²) in [5.41, 5.74) is 2.57. The number of rotatable bonds is 8. The second-order valence-electron chi connectivity index (χ2n) is 8.48. The lowest BCUT2D eigenvalue weighted by Gasteiger charge is -2.23. The van der Waals surface area contributed by atoms with Gasteiger partial charge in [-0.2, -0.15) is 5.10 Å². The number of hydrogen-bond acceptors (Lipinski definition) is 4. The highest BCUT2D eigenvalue weighted by Gasteiger charge is 2.41. The van der Waals surface area contributed by atoms with Crippen molar-refractivity contribution >= 4 is 17.5 Å². The zero-order valence-corrected chi connectivity index (χ0v) is 19.0. The summed E-state index contributed by atoms with van der Waals surface area (Å²) in [6.07, 6.45) is 4.11. The van der Waals surface area contributed by atoms with Gasteiger partial charge >= 0.3 is 0 Å². The summed E-state index contributed by atoms with van der Waals surface area (Å²) in [7, 11) is 1.62. The molecule has 5 rings (SSSR count). The molecule has 0 aliphatic heterocycles. The fraction of sp³-hybridized carbons (Fsp3) is 0.360. The maximum Gasteiger partial charge on any atom is 0.228 e. The molecule has 1 amide bonds. The van der Waals surface area contributed by atoms with Gasteiger partial charge in [-0.1, -0.05) is 23.7 Å². The van der Waals surface area contributed by atoms with Gasteiger partial charge in [0.1, 0.15) is 0 Å². The van der Waals surface area contributed by atoms with E-state index in [1.54, 1.807) is 11.8 Å². The number of carbonyl (C=O) groups excluding carboxylic acids is 1. The lowest BCUT2D eigenvalue weighted by Crippen LogP contribution is -2.34. The second-order valence-corrected chi connectivity index (χ2v) is 8.92. The van der Waals surface area contributed by atoms with Gasteiger partial charge in [0.2, 0.25) is 11.8 Å². The summed E-state index contributed by atoms with van der Waals surface area (Å²) in [6, 6.07) is 15.3. The molecule has 3 aromatic rings. The Labute approximate surface area is 192 Å². The van der Waals surface area contributed by atoms with Crippen molar-refractivity contribution in [1.29, 1.82) is 0 Å². The van der Waals surface area contributed by atoms with E-state index in [9.17, 15) is 4.79 Å². The second kappa shape index (κ2) is 8.51. The third-order valence-corrected chi connectivity index (χ3v) is 6.26. The van der Waals surface area contributed by atoms with Crippen molar-refractivity contribution in [3.05, 3.63) is 64.8 Å². The van der Waals surface area contributed by atoms with Gasteiger partial charge in [0, 0.05) is 17.0 Å². The number of amides is 1. The van der Waals surface area contributed by atoms with E-state index in [1.165, 1.54) is 0 Å². The number of carbonyl (C=O) groups is 1. The molecule has 0 radical (unpaired) electrons. The molecule has 6 nitrogen and oxygen atoms in total. The minimum Gasteiger partial charge on any atom is -0.493 e. The molecule has 2 aromatic carbocycles. The molecule has 2 fully saturated rings. The number of ether oxygens (including phenoxy) is 2. The average Bonchev–Trinajstić information content (AvgIpc) is 3.71. The van der Waals surface area contributed by atoms with Gasteiger partial charge in [-0.05, 0) is 69.0 Å². The van der Waals surface area contributed by atoms with E-state index < -0.39 is 0 Å². The molecule has 2 aliphatic rings. The Morgan fingerprint density at radius 1 is 1.09 bits per heavy atom. The molecule has 166 valence electrons. The van der Waals surface area contributed by atoms with Crippen molar-refractivity contribution in [2.45, 2.75) is 45.2 Å². The average molecular weight is 452 g/mol.